The number of carbonyl (C=O) groups is 2. The molecular weight excluding hydrogens is 284 g/mol. The van der Waals surface area contributed by atoms with Crippen LogP contribution in [-0.2, 0) is 9.59 Å². The molecule has 0 radical (unpaired) electrons. The highest BCUT2D eigenvalue weighted by Gasteiger charge is 2.36. The lowest BCUT2D eigenvalue weighted by molar-refractivity contribution is -0.133. The van der Waals surface area contributed by atoms with Crippen LogP contribution in [0.15, 0.2) is 28.7 Å². The molecule has 0 spiro atoms. The Hall–Kier alpha value is -1.36. The van der Waals surface area contributed by atoms with Crippen molar-refractivity contribution in [2.75, 3.05) is 4.90 Å². The Labute approximate surface area is 108 Å². The van der Waals surface area contributed by atoms with E-state index < -0.39 is 12.1 Å². The molecule has 1 aliphatic heterocycles. The van der Waals surface area contributed by atoms with Gasteiger partial charge in [0.2, 0.25) is 11.8 Å². The summed E-state index contributed by atoms with van der Waals surface area (Å²) in [5.74, 6) is -0.215. The van der Waals surface area contributed by atoms with Gasteiger partial charge in [-0.1, -0.05) is 22.0 Å². The van der Waals surface area contributed by atoms with Crippen LogP contribution in [0.1, 0.15) is 13.8 Å². The minimum atomic E-state index is -0.479. The van der Waals surface area contributed by atoms with E-state index in [0.717, 1.165) is 10.2 Å². The van der Waals surface area contributed by atoms with Crippen LogP contribution in [0.25, 0.3) is 0 Å². The predicted molar refractivity (Wildman–Crippen MR) is 68.7 cm³/mol. The van der Waals surface area contributed by atoms with Crippen LogP contribution in [0.3, 0.4) is 0 Å². The van der Waals surface area contributed by atoms with Gasteiger partial charge in [0.25, 0.3) is 0 Å². The Morgan fingerprint density at radius 2 is 2.00 bits per heavy atom. The molecule has 90 valence electrons. The predicted octanol–water partition coefficient (Wildman–Crippen LogP) is 1.69. The molecule has 1 aliphatic rings. The molecule has 1 N–H and O–H groups in total. The quantitative estimate of drug-likeness (QED) is 0.857. The van der Waals surface area contributed by atoms with Gasteiger partial charge in [-0.15, -0.1) is 0 Å². The van der Waals surface area contributed by atoms with E-state index >= 15 is 0 Å². The summed E-state index contributed by atoms with van der Waals surface area (Å²) in [5.41, 5.74) is 0.735. The van der Waals surface area contributed by atoms with Crippen LogP contribution in [0, 0.1) is 0 Å². The van der Waals surface area contributed by atoms with Gasteiger partial charge in [0, 0.05) is 10.2 Å². The van der Waals surface area contributed by atoms with Crippen LogP contribution in [0.2, 0.25) is 0 Å². The van der Waals surface area contributed by atoms with Gasteiger partial charge in [-0.25, -0.2) is 0 Å². The van der Waals surface area contributed by atoms with E-state index in [-0.39, 0.29) is 11.8 Å². The highest BCUT2D eigenvalue weighted by molar-refractivity contribution is 9.10. The zero-order chi connectivity index (χ0) is 12.6. The Morgan fingerprint density at radius 1 is 1.29 bits per heavy atom. The number of hydrogen-bond donors (Lipinski definition) is 1. The van der Waals surface area contributed by atoms with E-state index in [9.17, 15) is 9.59 Å². The number of halogens is 1. The largest absolute Gasteiger partial charge is 0.343 e. The lowest BCUT2D eigenvalue weighted by Gasteiger charge is -2.36. The topological polar surface area (TPSA) is 49.4 Å². The van der Waals surface area contributed by atoms with Crippen LogP contribution in [0.4, 0.5) is 5.69 Å². The number of anilines is 1. The molecule has 2 amide bonds. The number of hydrogen-bond acceptors (Lipinski definition) is 2. The van der Waals surface area contributed by atoms with Crippen molar-refractivity contribution in [1.82, 2.24) is 5.32 Å². The Bertz CT molecular complexity index is 475. The SMILES string of the molecule is CC1NC(=O)C(C)N(c2cccc(Br)c2)C1=O. The first-order chi connectivity index (χ1) is 8.00. The second-order valence-corrected chi connectivity index (χ2v) is 5.01. The summed E-state index contributed by atoms with van der Waals surface area (Å²) in [6, 6.07) is 6.43. The molecule has 0 bridgehead atoms. The van der Waals surface area contributed by atoms with E-state index in [0.29, 0.717) is 0 Å². The molecule has 1 aromatic rings. The van der Waals surface area contributed by atoms with Crippen molar-refractivity contribution >= 4 is 33.4 Å². The monoisotopic (exact) mass is 296 g/mol. The molecule has 5 heteroatoms. The molecule has 17 heavy (non-hydrogen) atoms. The molecule has 1 fully saturated rings. The van der Waals surface area contributed by atoms with Gasteiger partial charge in [-0.3, -0.25) is 14.5 Å². The average Bonchev–Trinajstić information content (AvgIpc) is 2.27. The molecule has 0 saturated carbocycles. The molecule has 0 aliphatic carbocycles. The summed E-state index contributed by atoms with van der Waals surface area (Å²) < 4.78 is 0.883. The fourth-order valence-electron chi connectivity index (χ4n) is 1.89. The van der Waals surface area contributed by atoms with Crippen molar-refractivity contribution in [2.45, 2.75) is 25.9 Å². The van der Waals surface area contributed by atoms with Gasteiger partial charge in [0.1, 0.15) is 12.1 Å². The number of piperazine rings is 1. The first-order valence-electron chi connectivity index (χ1n) is 5.39. The van der Waals surface area contributed by atoms with E-state index in [2.05, 4.69) is 21.2 Å². The van der Waals surface area contributed by atoms with Crippen molar-refractivity contribution in [1.29, 1.82) is 0 Å². The lowest BCUT2D eigenvalue weighted by atomic mass is 10.1. The van der Waals surface area contributed by atoms with Gasteiger partial charge >= 0.3 is 0 Å². The minimum absolute atomic E-state index is 0.0878. The Balaban J connectivity index is 2.41. The molecule has 4 nitrogen and oxygen atoms in total. The summed E-state index contributed by atoms with van der Waals surface area (Å²) in [6.45, 7) is 3.41. The third-order valence-corrected chi connectivity index (χ3v) is 3.31. The summed E-state index contributed by atoms with van der Waals surface area (Å²) >= 11 is 3.36. The summed E-state index contributed by atoms with van der Waals surface area (Å²) in [4.78, 5) is 25.3. The number of nitrogens with one attached hydrogen (secondary N) is 1. The summed E-state index contributed by atoms with van der Waals surface area (Å²) in [6.07, 6.45) is 0. The molecule has 2 atom stereocenters. The van der Waals surface area contributed by atoms with Crippen LogP contribution in [-0.4, -0.2) is 23.9 Å². The molecule has 0 aromatic heterocycles. The van der Waals surface area contributed by atoms with E-state index in [1.807, 2.05) is 24.3 Å². The molecule has 1 saturated heterocycles. The first kappa shape index (κ1) is 12.1. The van der Waals surface area contributed by atoms with Crippen molar-refractivity contribution < 1.29 is 9.59 Å². The van der Waals surface area contributed by atoms with E-state index in [1.165, 1.54) is 4.90 Å². The third kappa shape index (κ3) is 2.20. The van der Waals surface area contributed by atoms with Gasteiger partial charge in [-0.05, 0) is 32.0 Å². The van der Waals surface area contributed by atoms with Crippen LogP contribution < -0.4 is 10.2 Å². The standard InChI is InChI=1S/C12H13BrN2O2/c1-7-12(17)15(8(2)11(16)14-7)10-5-3-4-9(13)6-10/h3-8H,1-2H3,(H,14,16). The molecule has 2 rings (SSSR count). The Kier molecular flexibility index (Phi) is 3.19. The fourth-order valence-corrected chi connectivity index (χ4v) is 2.28. The second-order valence-electron chi connectivity index (χ2n) is 4.09. The molecular formula is C12H13BrN2O2. The number of carbonyl (C=O) groups excluding carboxylic acids is 2. The third-order valence-electron chi connectivity index (χ3n) is 2.82. The normalized spacial score (nSPS) is 24.8. The van der Waals surface area contributed by atoms with Crippen molar-refractivity contribution in [3.8, 4) is 0 Å². The summed E-state index contributed by atoms with van der Waals surface area (Å²) in [7, 11) is 0. The minimum Gasteiger partial charge on any atom is -0.343 e. The number of benzene rings is 1. The van der Waals surface area contributed by atoms with Crippen LogP contribution in [0.5, 0.6) is 0 Å². The molecule has 1 aromatic carbocycles. The maximum absolute atomic E-state index is 12.1. The smallest absolute Gasteiger partial charge is 0.250 e. The van der Waals surface area contributed by atoms with Crippen molar-refractivity contribution in [3.05, 3.63) is 28.7 Å². The maximum atomic E-state index is 12.1. The number of nitrogens with zero attached hydrogens (tertiary/aromatic N) is 1. The number of rotatable bonds is 1. The van der Waals surface area contributed by atoms with Crippen molar-refractivity contribution in [2.24, 2.45) is 0 Å². The molecule has 1 heterocycles. The second kappa shape index (κ2) is 4.49. The van der Waals surface area contributed by atoms with Gasteiger partial charge in [0.15, 0.2) is 0 Å². The van der Waals surface area contributed by atoms with E-state index in [4.69, 9.17) is 0 Å². The van der Waals surface area contributed by atoms with Crippen LogP contribution >= 0.6 is 15.9 Å². The fraction of sp³-hybridized carbons (Fsp3) is 0.333. The Morgan fingerprint density at radius 3 is 2.65 bits per heavy atom. The highest BCUT2D eigenvalue weighted by atomic mass is 79.9. The van der Waals surface area contributed by atoms with Gasteiger partial charge in [-0.2, -0.15) is 0 Å². The zero-order valence-corrected chi connectivity index (χ0v) is 11.2. The molecule has 2 unspecified atom stereocenters. The zero-order valence-electron chi connectivity index (χ0n) is 9.61. The average molecular weight is 297 g/mol. The van der Waals surface area contributed by atoms with Gasteiger partial charge < -0.3 is 5.32 Å². The van der Waals surface area contributed by atoms with Crippen molar-refractivity contribution in [3.63, 3.8) is 0 Å². The van der Waals surface area contributed by atoms with E-state index in [1.54, 1.807) is 13.8 Å². The maximum Gasteiger partial charge on any atom is 0.250 e. The highest BCUT2D eigenvalue weighted by Crippen LogP contribution is 2.24. The summed E-state index contributed by atoms with van der Waals surface area (Å²) in [5, 5.41) is 2.65. The lowest BCUT2D eigenvalue weighted by Crippen LogP contribution is -2.61. The first-order valence-corrected chi connectivity index (χ1v) is 6.19. The number of amides is 2. The van der Waals surface area contributed by atoms with Gasteiger partial charge in [0.05, 0.1) is 0 Å².